The molecule has 0 aliphatic carbocycles. The minimum Gasteiger partial charge on any atom is -0.329 e. The quantitative estimate of drug-likeness (QED) is 0.316. The van der Waals surface area contributed by atoms with Gasteiger partial charge in [0.15, 0.2) is 7.37 Å². The monoisotopic (exact) mass is 232 g/mol. The van der Waals surface area contributed by atoms with Crippen molar-refractivity contribution in [1.29, 1.82) is 0 Å². The summed E-state index contributed by atoms with van der Waals surface area (Å²) in [7, 11) is -2.25. The molecule has 0 aromatic heterocycles. The zero-order chi connectivity index (χ0) is 11.6. The molecule has 2 nitrogen and oxygen atoms in total. The van der Waals surface area contributed by atoms with Crippen molar-refractivity contribution in [3.8, 4) is 0 Å². The summed E-state index contributed by atoms with van der Waals surface area (Å²) in [5.74, 6) is 0. The second kappa shape index (κ2) is 9.18. The van der Waals surface area contributed by atoms with Gasteiger partial charge in [0.05, 0.1) is 6.61 Å². The van der Waals surface area contributed by atoms with E-state index in [4.69, 9.17) is 4.52 Å². The summed E-state index contributed by atoms with van der Waals surface area (Å²) in [6.07, 6.45) is 10.5. The van der Waals surface area contributed by atoms with Gasteiger partial charge in [-0.15, -0.1) is 6.58 Å². The van der Waals surface area contributed by atoms with Crippen LogP contribution in [0, 0.1) is 0 Å². The van der Waals surface area contributed by atoms with E-state index in [0.29, 0.717) is 6.61 Å². The summed E-state index contributed by atoms with van der Waals surface area (Å²) in [4.78, 5) is 0. The number of hydrogen-bond acceptors (Lipinski definition) is 2. The molecule has 0 aromatic rings. The van der Waals surface area contributed by atoms with Gasteiger partial charge in [-0.2, -0.15) is 0 Å². The molecule has 0 rings (SSSR count). The molecule has 0 saturated heterocycles. The van der Waals surface area contributed by atoms with Crippen LogP contribution in [-0.4, -0.2) is 19.9 Å². The number of hydrogen-bond donors (Lipinski definition) is 0. The maximum Gasteiger partial charge on any atom is 0.197 e. The molecular formula is C12H25O2P. The molecule has 0 heterocycles. The molecule has 0 fully saturated rings. The Labute approximate surface area is 94.6 Å². The third-order valence-corrected chi connectivity index (χ3v) is 3.01. The Balaban J connectivity index is 3.05. The van der Waals surface area contributed by atoms with E-state index in [9.17, 15) is 4.57 Å². The SMILES string of the molecule is C=CCCCCCCCCOP(C)(C)=O. The topological polar surface area (TPSA) is 26.3 Å². The van der Waals surface area contributed by atoms with Gasteiger partial charge in [0, 0.05) is 13.3 Å². The predicted molar refractivity (Wildman–Crippen MR) is 67.9 cm³/mol. The van der Waals surface area contributed by atoms with Crippen LogP contribution in [0.15, 0.2) is 12.7 Å². The fourth-order valence-electron chi connectivity index (χ4n) is 1.38. The van der Waals surface area contributed by atoms with E-state index >= 15 is 0 Å². The lowest BCUT2D eigenvalue weighted by molar-refractivity contribution is 0.308. The first-order valence-corrected chi connectivity index (χ1v) is 8.38. The summed E-state index contributed by atoms with van der Waals surface area (Å²) in [6, 6.07) is 0. The third kappa shape index (κ3) is 13.9. The van der Waals surface area contributed by atoms with Crippen LogP contribution in [0.2, 0.25) is 0 Å². The Kier molecular flexibility index (Phi) is 9.13. The van der Waals surface area contributed by atoms with Crippen LogP contribution in [0.4, 0.5) is 0 Å². The lowest BCUT2D eigenvalue weighted by Crippen LogP contribution is -1.91. The van der Waals surface area contributed by atoms with E-state index in [2.05, 4.69) is 6.58 Å². The lowest BCUT2D eigenvalue weighted by Gasteiger charge is -2.07. The first-order valence-electron chi connectivity index (χ1n) is 5.86. The van der Waals surface area contributed by atoms with Crippen molar-refractivity contribution < 1.29 is 9.09 Å². The van der Waals surface area contributed by atoms with E-state index < -0.39 is 7.37 Å². The maximum absolute atomic E-state index is 11.2. The molecule has 0 aliphatic rings. The fourth-order valence-corrected chi connectivity index (χ4v) is 1.95. The molecule has 0 atom stereocenters. The van der Waals surface area contributed by atoms with Crippen LogP contribution in [0.1, 0.15) is 44.9 Å². The lowest BCUT2D eigenvalue weighted by atomic mass is 10.1. The summed E-state index contributed by atoms with van der Waals surface area (Å²) in [5.41, 5.74) is 0. The molecule has 0 aromatic carbocycles. The normalized spacial score (nSPS) is 11.6. The highest BCUT2D eigenvalue weighted by Gasteiger charge is 2.05. The third-order valence-electron chi connectivity index (χ3n) is 2.20. The standard InChI is InChI=1S/C12H25O2P/c1-4-5-6-7-8-9-10-11-12-14-15(2,3)13/h4H,1,5-12H2,2-3H3. The highest BCUT2D eigenvalue weighted by atomic mass is 31.2. The van der Waals surface area contributed by atoms with Crippen molar-refractivity contribution in [2.45, 2.75) is 44.9 Å². The fraction of sp³-hybridized carbons (Fsp3) is 0.833. The molecule has 3 heteroatoms. The van der Waals surface area contributed by atoms with Crippen LogP contribution >= 0.6 is 7.37 Å². The first-order chi connectivity index (χ1) is 7.06. The van der Waals surface area contributed by atoms with Gasteiger partial charge in [-0.3, -0.25) is 4.57 Å². The molecule has 0 aliphatic heterocycles. The van der Waals surface area contributed by atoms with Gasteiger partial charge >= 0.3 is 0 Å². The minimum atomic E-state index is -2.25. The first kappa shape index (κ1) is 14.9. The number of rotatable bonds is 10. The Morgan fingerprint density at radius 1 is 1.07 bits per heavy atom. The Bertz CT molecular complexity index is 196. The van der Waals surface area contributed by atoms with E-state index in [0.717, 1.165) is 12.8 Å². The second-order valence-electron chi connectivity index (χ2n) is 4.28. The van der Waals surface area contributed by atoms with Gasteiger partial charge in [-0.25, -0.2) is 0 Å². The molecule has 0 unspecified atom stereocenters. The summed E-state index contributed by atoms with van der Waals surface area (Å²) in [5, 5.41) is 0. The van der Waals surface area contributed by atoms with Gasteiger partial charge < -0.3 is 4.52 Å². The minimum absolute atomic E-state index is 0.650. The van der Waals surface area contributed by atoms with Crippen LogP contribution in [0.25, 0.3) is 0 Å². The summed E-state index contributed by atoms with van der Waals surface area (Å²) in [6.45, 7) is 7.69. The largest absolute Gasteiger partial charge is 0.329 e. The molecular weight excluding hydrogens is 207 g/mol. The Morgan fingerprint density at radius 3 is 2.13 bits per heavy atom. The van der Waals surface area contributed by atoms with Crippen molar-refractivity contribution in [2.24, 2.45) is 0 Å². The molecule has 0 radical (unpaired) electrons. The Morgan fingerprint density at radius 2 is 1.60 bits per heavy atom. The van der Waals surface area contributed by atoms with Gasteiger partial charge in [-0.1, -0.05) is 31.8 Å². The van der Waals surface area contributed by atoms with E-state index in [1.54, 1.807) is 13.3 Å². The predicted octanol–water partition coefficient (Wildman–Crippen LogP) is 4.46. The molecule has 0 saturated carbocycles. The zero-order valence-corrected chi connectivity index (χ0v) is 11.1. The molecule has 0 spiro atoms. The molecule has 0 amide bonds. The van der Waals surface area contributed by atoms with Crippen molar-refractivity contribution >= 4 is 7.37 Å². The van der Waals surface area contributed by atoms with Crippen molar-refractivity contribution in [2.75, 3.05) is 19.9 Å². The van der Waals surface area contributed by atoms with Gasteiger partial charge in [0.1, 0.15) is 0 Å². The van der Waals surface area contributed by atoms with E-state index in [1.807, 2.05) is 6.08 Å². The van der Waals surface area contributed by atoms with E-state index in [-0.39, 0.29) is 0 Å². The van der Waals surface area contributed by atoms with Crippen molar-refractivity contribution in [3.05, 3.63) is 12.7 Å². The summed E-state index contributed by atoms with van der Waals surface area (Å²) >= 11 is 0. The Hall–Kier alpha value is -0.0700. The van der Waals surface area contributed by atoms with Crippen molar-refractivity contribution in [3.63, 3.8) is 0 Å². The highest BCUT2D eigenvalue weighted by Crippen LogP contribution is 2.37. The van der Waals surface area contributed by atoms with E-state index in [1.165, 1.54) is 32.1 Å². The molecule has 15 heavy (non-hydrogen) atoms. The van der Waals surface area contributed by atoms with Gasteiger partial charge in [0.25, 0.3) is 0 Å². The second-order valence-corrected chi connectivity index (χ2v) is 7.05. The number of allylic oxidation sites excluding steroid dienone is 1. The van der Waals surface area contributed by atoms with Crippen LogP contribution in [-0.2, 0) is 9.09 Å². The van der Waals surface area contributed by atoms with Crippen molar-refractivity contribution in [1.82, 2.24) is 0 Å². The summed E-state index contributed by atoms with van der Waals surface area (Å²) < 4.78 is 16.4. The smallest absolute Gasteiger partial charge is 0.197 e. The van der Waals surface area contributed by atoms with Crippen LogP contribution < -0.4 is 0 Å². The van der Waals surface area contributed by atoms with Gasteiger partial charge in [0.2, 0.25) is 0 Å². The zero-order valence-electron chi connectivity index (χ0n) is 10.2. The molecule has 0 N–H and O–H groups in total. The maximum atomic E-state index is 11.2. The molecule has 0 bridgehead atoms. The van der Waals surface area contributed by atoms with Crippen LogP contribution in [0.3, 0.4) is 0 Å². The number of unbranched alkanes of at least 4 members (excludes halogenated alkanes) is 6. The van der Waals surface area contributed by atoms with Crippen LogP contribution in [0.5, 0.6) is 0 Å². The average Bonchev–Trinajstić information content (AvgIpc) is 2.14. The molecule has 90 valence electrons. The van der Waals surface area contributed by atoms with Gasteiger partial charge in [-0.05, 0) is 19.3 Å². The average molecular weight is 232 g/mol. The highest BCUT2D eigenvalue weighted by molar-refractivity contribution is 7.57.